The van der Waals surface area contributed by atoms with Crippen molar-refractivity contribution < 1.29 is 16.7 Å². The monoisotopic (exact) mass is 612 g/mol. The maximum atomic E-state index is 14.7. The molecule has 0 spiro atoms. The van der Waals surface area contributed by atoms with Crippen molar-refractivity contribution in [2.45, 2.75) is 78.8 Å². The number of hydrogen-bond acceptors (Lipinski definition) is 5. The zero-order chi connectivity index (χ0) is 33.2. The quantitative estimate of drug-likeness (QED) is 0.292. The summed E-state index contributed by atoms with van der Waals surface area (Å²) in [5.41, 5.74) is 5.06. The van der Waals surface area contributed by atoms with Crippen LogP contribution in [-0.4, -0.2) is 56.1 Å². The third-order valence-corrected chi connectivity index (χ3v) is 7.68. The molecule has 0 amide bonds. The average Bonchev–Trinajstić information content (AvgIpc) is 3.04. The van der Waals surface area contributed by atoms with Gasteiger partial charge >= 0.3 is 0 Å². The second-order valence-corrected chi connectivity index (χ2v) is 10.5. The Kier molecular flexibility index (Phi) is 17.9. The summed E-state index contributed by atoms with van der Waals surface area (Å²) in [7, 11) is 6.87. The van der Waals surface area contributed by atoms with Crippen molar-refractivity contribution in [1.29, 1.82) is 0 Å². The Morgan fingerprint density at radius 2 is 1.70 bits per heavy atom. The summed E-state index contributed by atoms with van der Waals surface area (Å²) in [5, 5.41) is 13.2. The van der Waals surface area contributed by atoms with Crippen LogP contribution in [0.4, 0.5) is 14.5 Å². The van der Waals surface area contributed by atoms with Gasteiger partial charge in [0.15, 0.2) is 5.82 Å². The van der Waals surface area contributed by atoms with Crippen LogP contribution in [0.3, 0.4) is 0 Å². The van der Waals surface area contributed by atoms with Crippen LogP contribution < -0.4 is 10.6 Å². The highest BCUT2D eigenvalue weighted by atomic mass is 19.1. The number of nitrogens with one attached hydrogen (secondary N) is 2. The summed E-state index contributed by atoms with van der Waals surface area (Å²) in [6, 6.07) is 12.2. The van der Waals surface area contributed by atoms with Crippen LogP contribution in [-0.2, 0) is 6.42 Å². The number of nitrogens with zero attached hydrogens (tertiary/aromatic N) is 2. The standard InChI is InChI=1S/C25H32F2N4.C9H12.C2H6.CH4O.2H2/c1-6-17-15-18(24-21(26)12-14-23(28-3)25(24)27)7-13-22(17)30-16(2)29-19-8-10-20(11-9-19)31(4)5;1-3-9-7-5-4-6-8(9)2;2*1-2;;/h6-7,12-15,19-20,28-29H,2,8-11H2,1,3-5H3;4-7H,3H2,1-2H3;1-2H3;2H,1H3;2*1H/b17-6-,30-22-;;;;;. The summed E-state index contributed by atoms with van der Waals surface area (Å²) in [6.07, 6.45) is 12.8. The van der Waals surface area contributed by atoms with Gasteiger partial charge < -0.3 is 20.6 Å². The van der Waals surface area contributed by atoms with E-state index in [1.165, 1.54) is 23.3 Å². The van der Waals surface area contributed by atoms with Gasteiger partial charge in [-0.3, -0.25) is 0 Å². The van der Waals surface area contributed by atoms with E-state index in [0.717, 1.165) is 50.5 Å². The van der Waals surface area contributed by atoms with Crippen LogP contribution in [0.25, 0.3) is 5.57 Å². The summed E-state index contributed by atoms with van der Waals surface area (Å²) in [4.78, 5) is 6.93. The lowest BCUT2D eigenvalue weighted by Gasteiger charge is -2.33. The summed E-state index contributed by atoms with van der Waals surface area (Å²) in [5.74, 6) is -0.588. The van der Waals surface area contributed by atoms with Gasteiger partial charge in [0.05, 0.1) is 17.0 Å². The predicted molar refractivity (Wildman–Crippen MR) is 190 cm³/mol. The first kappa shape index (κ1) is 38.5. The Hall–Kier alpha value is -3.55. The molecule has 3 N–H and O–H groups in total. The Morgan fingerprint density at radius 1 is 1.07 bits per heavy atom. The van der Waals surface area contributed by atoms with Gasteiger partial charge in [-0.05, 0) is 107 Å². The van der Waals surface area contributed by atoms with Gasteiger partial charge in [0.2, 0.25) is 0 Å². The molecule has 246 valence electrons. The first-order chi connectivity index (χ1) is 21.2. The molecule has 1 saturated carbocycles. The second-order valence-electron chi connectivity index (χ2n) is 10.5. The van der Waals surface area contributed by atoms with Gasteiger partial charge in [0, 0.05) is 29.1 Å². The molecule has 0 unspecified atom stereocenters. The highest BCUT2D eigenvalue weighted by molar-refractivity contribution is 6.15. The first-order valence-electron chi connectivity index (χ1n) is 15.6. The number of benzene rings is 2. The number of aryl methyl sites for hydroxylation is 2. The largest absolute Gasteiger partial charge is 0.400 e. The molecule has 5 nitrogen and oxygen atoms in total. The summed E-state index contributed by atoms with van der Waals surface area (Å²) >= 11 is 0. The number of halogens is 2. The number of rotatable bonds is 7. The molecule has 44 heavy (non-hydrogen) atoms. The number of allylic oxidation sites excluding steroid dienone is 6. The van der Waals surface area contributed by atoms with E-state index in [1.807, 2.05) is 26.8 Å². The molecule has 0 aromatic heterocycles. The molecule has 1 fully saturated rings. The maximum absolute atomic E-state index is 14.7. The van der Waals surface area contributed by atoms with Crippen molar-refractivity contribution >= 4 is 17.0 Å². The van der Waals surface area contributed by atoms with Crippen molar-refractivity contribution in [3.8, 4) is 0 Å². The van der Waals surface area contributed by atoms with Gasteiger partial charge in [-0.1, -0.05) is 63.8 Å². The molecule has 0 bridgehead atoms. The molecule has 2 aliphatic rings. The lowest BCUT2D eigenvalue weighted by Crippen LogP contribution is -2.38. The summed E-state index contributed by atoms with van der Waals surface area (Å²) in [6.45, 7) is 14.3. The molecular weight excluding hydrogens is 554 g/mol. The fourth-order valence-corrected chi connectivity index (χ4v) is 5.21. The van der Waals surface area contributed by atoms with E-state index in [2.05, 4.69) is 79.3 Å². The Balaban J connectivity index is 0. The summed E-state index contributed by atoms with van der Waals surface area (Å²) < 4.78 is 29.1. The zero-order valence-corrected chi connectivity index (χ0v) is 28.3. The van der Waals surface area contributed by atoms with E-state index < -0.39 is 11.6 Å². The first-order valence-corrected chi connectivity index (χ1v) is 15.6. The molecule has 0 heterocycles. The van der Waals surface area contributed by atoms with E-state index in [9.17, 15) is 8.78 Å². The van der Waals surface area contributed by atoms with Crippen molar-refractivity contribution in [3.05, 3.63) is 107 Å². The predicted octanol–water partition coefficient (Wildman–Crippen LogP) is 8.96. The lowest BCUT2D eigenvalue weighted by molar-refractivity contribution is 0.208. The molecule has 0 saturated heterocycles. The average molecular weight is 613 g/mol. The van der Waals surface area contributed by atoms with E-state index >= 15 is 0 Å². The molecular formula is C37H58F2N4O. The third-order valence-electron chi connectivity index (χ3n) is 7.68. The number of hydrogen-bond donors (Lipinski definition) is 3. The van der Waals surface area contributed by atoms with Crippen molar-refractivity contribution in [1.82, 2.24) is 10.2 Å². The minimum Gasteiger partial charge on any atom is -0.400 e. The van der Waals surface area contributed by atoms with Crippen LogP contribution in [0.1, 0.15) is 72.9 Å². The number of aliphatic imine (C=N–C) groups is 1. The second kappa shape index (κ2) is 20.4. The molecule has 0 aliphatic heterocycles. The van der Waals surface area contributed by atoms with E-state index in [-0.39, 0.29) is 14.1 Å². The van der Waals surface area contributed by atoms with Gasteiger partial charge in [-0.2, -0.15) is 0 Å². The van der Waals surface area contributed by atoms with Gasteiger partial charge in [0.25, 0.3) is 0 Å². The highest BCUT2D eigenvalue weighted by Crippen LogP contribution is 2.31. The van der Waals surface area contributed by atoms with Crippen LogP contribution in [0.15, 0.2) is 83.7 Å². The molecule has 2 aliphatic carbocycles. The van der Waals surface area contributed by atoms with Crippen LogP contribution in [0, 0.1) is 18.6 Å². The van der Waals surface area contributed by atoms with E-state index in [4.69, 9.17) is 5.11 Å². The molecule has 0 radical (unpaired) electrons. The fraction of sp³-hybridized carbons (Fsp3) is 0.432. The molecule has 2 aromatic rings. The number of aliphatic hydroxyl groups is 1. The third kappa shape index (κ3) is 11.2. The van der Waals surface area contributed by atoms with Crippen molar-refractivity contribution in [2.75, 3.05) is 33.6 Å². The Labute approximate surface area is 268 Å². The molecule has 7 heteroatoms. The molecule has 2 aromatic carbocycles. The number of aliphatic hydroxyl groups excluding tert-OH is 1. The normalized spacial score (nSPS) is 19.1. The van der Waals surface area contributed by atoms with Crippen molar-refractivity contribution in [2.24, 2.45) is 4.99 Å². The lowest BCUT2D eigenvalue weighted by atomic mass is 9.90. The topological polar surface area (TPSA) is 59.9 Å². The SMILES string of the molecule is C=C(/N=C1/C=CC(c2c(F)ccc(NC)c2F)=C/C1=C/C)NC1CCC(N(C)C)CC1.CC.CCc1ccccc1C.CO.[HH].[HH]. The Morgan fingerprint density at radius 3 is 2.23 bits per heavy atom. The minimum atomic E-state index is -0.603. The highest BCUT2D eigenvalue weighted by Gasteiger charge is 2.23. The smallest absolute Gasteiger partial charge is 0.157 e. The molecule has 0 atom stereocenters. The zero-order valence-electron chi connectivity index (χ0n) is 28.3. The Bertz CT molecular complexity index is 1310. The van der Waals surface area contributed by atoms with Crippen molar-refractivity contribution in [3.63, 3.8) is 0 Å². The van der Waals surface area contributed by atoms with E-state index in [0.29, 0.717) is 23.5 Å². The van der Waals surface area contributed by atoms with Crippen LogP contribution in [0.2, 0.25) is 0 Å². The fourth-order valence-electron chi connectivity index (χ4n) is 5.21. The molecule has 4 rings (SSSR count). The van der Waals surface area contributed by atoms with E-state index in [1.54, 1.807) is 25.3 Å². The maximum Gasteiger partial charge on any atom is 0.157 e. The number of anilines is 1. The van der Waals surface area contributed by atoms with Gasteiger partial charge in [0.1, 0.15) is 11.6 Å². The van der Waals surface area contributed by atoms with Crippen LogP contribution >= 0.6 is 0 Å². The minimum absolute atomic E-state index is 0. The van der Waals surface area contributed by atoms with Gasteiger partial charge in [-0.25, -0.2) is 13.8 Å². The van der Waals surface area contributed by atoms with Crippen LogP contribution in [0.5, 0.6) is 0 Å². The van der Waals surface area contributed by atoms with Gasteiger partial charge in [-0.15, -0.1) is 0 Å².